The fourth-order valence-electron chi connectivity index (χ4n) is 4.75. The second kappa shape index (κ2) is 10.9. The van der Waals surface area contributed by atoms with Gasteiger partial charge >= 0.3 is 0 Å². The number of para-hydroxylation sites is 1. The smallest absolute Gasteiger partial charge is 0.229 e. The molecule has 9 nitrogen and oxygen atoms in total. The molecule has 1 atom stereocenters. The van der Waals surface area contributed by atoms with Crippen LogP contribution in [0.25, 0.3) is 0 Å². The molecule has 3 heterocycles. The van der Waals surface area contributed by atoms with E-state index in [4.69, 9.17) is 21.1 Å². The maximum Gasteiger partial charge on any atom is 0.229 e. The zero-order valence-electron chi connectivity index (χ0n) is 21.3. The summed E-state index contributed by atoms with van der Waals surface area (Å²) in [6.07, 6.45) is 1.54. The van der Waals surface area contributed by atoms with Crippen LogP contribution in [0.3, 0.4) is 0 Å². The molecule has 0 amide bonds. The maximum atomic E-state index is 12.7. The SMILES string of the molecule is COCCN1CCN2c3ccc(Nc4ncc(Cl)c(Nc5ccccc5P(C)(C)=O)n4)cc3OC[C@@H]2C1. The van der Waals surface area contributed by atoms with Crippen molar-refractivity contribution in [2.24, 2.45) is 0 Å². The molecule has 2 aromatic carbocycles. The number of nitrogens with one attached hydrogen (secondary N) is 2. The standard InChI is InChI=1S/C26H32ClN6O3P/c1-35-13-12-32-10-11-33-19(16-32)17-36-23-14-18(8-9-22(23)33)29-26-28-15-20(27)25(31-26)30-21-6-4-5-7-24(21)37(2,3)34/h4-9,14-15,19H,10-13,16-17H2,1-3H3,(H2,28,29,30,31)/t19-/m0/s1. The summed E-state index contributed by atoms with van der Waals surface area (Å²) in [7, 11) is -0.756. The van der Waals surface area contributed by atoms with E-state index < -0.39 is 7.14 Å². The van der Waals surface area contributed by atoms with Gasteiger partial charge in [0.2, 0.25) is 5.95 Å². The van der Waals surface area contributed by atoms with Crippen LogP contribution in [0.5, 0.6) is 5.75 Å². The fraction of sp³-hybridized carbons (Fsp3) is 0.385. The van der Waals surface area contributed by atoms with Gasteiger partial charge in [-0.2, -0.15) is 4.98 Å². The molecule has 1 saturated heterocycles. The van der Waals surface area contributed by atoms with Gasteiger partial charge in [-0.25, -0.2) is 4.98 Å². The average molecular weight is 543 g/mol. The number of ether oxygens (including phenoxy) is 2. The lowest BCUT2D eigenvalue weighted by atomic mass is 10.1. The van der Waals surface area contributed by atoms with Gasteiger partial charge in [0.1, 0.15) is 24.5 Å². The van der Waals surface area contributed by atoms with E-state index >= 15 is 0 Å². The Balaban J connectivity index is 1.31. The lowest BCUT2D eigenvalue weighted by Gasteiger charge is -2.45. The van der Waals surface area contributed by atoms with Crippen LogP contribution >= 0.6 is 18.7 Å². The normalized spacial score (nSPS) is 17.5. The Bertz CT molecular complexity index is 1320. The quantitative estimate of drug-likeness (QED) is 0.402. The second-order valence-corrected chi connectivity index (χ2v) is 13.2. The van der Waals surface area contributed by atoms with E-state index in [9.17, 15) is 4.57 Å². The van der Waals surface area contributed by atoms with Crippen molar-refractivity contribution in [2.75, 3.05) is 75.4 Å². The highest BCUT2D eigenvalue weighted by Gasteiger charge is 2.32. The third-order valence-corrected chi connectivity index (χ3v) is 8.44. The molecular formula is C26H32ClN6O3P. The number of fused-ring (bicyclic) bond motifs is 3. The van der Waals surface area contributed by atoms with Crippen molar-refractivity contribution < 1.29 is 14.0 Å². The first-order valence-electron chi connectivity index (χ1n) is 12.3. The van der Waals surface area contributed by atoms with Gasteiger partial charge in [-0.15, -0.1) is 0 Å². The largest absolute Gasteiger partial charge is 0.489 e. The van der Waals surface area contributed by atoms with Gasteiger partial charge in [0.05, 0.1) is 30.2 Å². The van der Waals surface area contributed by atoms with Gasteiger partial charge in [-0.05, 0) is 37.6 Å². The van der Waals surface area contributed by atoms with Crippen molar-refractivity contribution in [1.29, 1.82) is 0 Å². The highest BCUT2D eigenvalue weighted by Crippen LogP contribution is 2.39. The third kappa shape index (κ3) is 5.85. The first-order chi connectivity index (χ1) is 17.8. The van der Waals surface area contributed by atoms with Crippen LogP contribution in [-0.2, 0) is 9.30 Å². The summed E-state index contributed by atoms with van der Waals surface area (Å²) in [6, 6.07) is 13.9. The van der Waals surface area contributed by atoms with Crippen LogP contribution in [0.15, 0.2) is 48.7 Å². The number of piperazine rings is 1. The fourth-order valence-corrected chi connectivity index (χ4v) is 6.05. The minimum Gasteiger partial charge on any atom is -0.489 e. The van der Waals surface area contributed by atoms with Crippen LogP contribution in [0.1, 0.15) is 0 Å². The summed E-state index contributed by atoms with van der Waals surface area (Å²) in [6.45, 7) is 8.73. The molecule has 0 bridgehead atoms. The van der Waals surface area contributed by atoms with Crippen molar-refractivity contribution >= 4 is 52.9 Å². The molecule has 2 N–H and O–H groups in total. The van der Waals surface area contributed by atoms with Gasteiger partial charge in [0.25, 0.3) is 0 Å². The van der Waals surface area contributed by atoms with Crippen molar-refractivity contribution in [3.05, 3.63) is 53.7 Å². The average Bonchev–Trinajstić information content (AvgIpc) is 2.88. The van der Waals surface area contributed by atoms with E-state index in [2.05, 4.69) is 36.5 Å². The highest BCUT2D eigenvalue weighted by molar-refractivity contribution is 7.70. The van der Waals surface area contributed by atoms with E-state index in [0.717, 1.165) is 55.2 Å². The molecule has 37 heavy (non-hydrogen) atoms. The van der Waals surface area contributed by atoms with E-state index in [-0.39, 0.29) is 0 Å². The minimum absolute atomic E-state index is 0.328. The molecule has 0 spiro atoms. The molecule has 11 heteroatoms. The molecule has 0 saturated carbocycles. The number of methoxy groups -OCH3 is 1. The van der Waals surface area contributed by atoms with E-state index in [1.165, 1.54) is 0 Å². The van der Waals surface area contributed by atoms with Crippen LogP contribution in [0.2, 0.25) is 5.02 Å². The van der Waals surface area contributed by atoms with E-state index in [1.54, 1.807) is 26.6 Å². The molecular weight excluding hydrogens is 511 g/mol. The summed E-state index contributed by atoms with van der Waals surface area (Å²) in [5, 5.41) is 7.60. The first-order valence-corrected chi connectivity index (χ1v) is 15.3. The summed E-state index contributed by atoms with van der Waals surface area (Å²) in [5.74, 6) is 1.67. The Labute approximate surface area is 222 Å². The Morgan fingerprint density at radius 3 is 2.84 bits per heavy atom. The number of nitrogens with zero attached hydrogens (tertiary/aromatic N) is 4. The predicted molar refractivity (Wildman–Crippen MR) is 151 cm³/mol. The topological polar surface area (TPSA) is 91.9 Å². The Hall–Kier alpha value is -2.84. The number of hydrogen-bond donors (Lipinski definition) is 2. The van der Waals surface area contributed by atoms with E-state index in [1.807, 2.05) is 36.4 Å². The summed E-state index contributed by atoms with van der Waals surface area (Å²) >= 11 is 6.39. The Morgan fingerprint density at radius 2 is 2.03 bits per heavy atom. The molecule has 2 aliphatic rings. The van der Waals surface area contributed by atoms with Crippen LogP contribution < -0.4 is 25.6 Å². The molecule has 0 unspecified atom stereocenters. The summed E-state index contributed by atoms with van der Waals surface area (Å²) in [5.41, 5.74) is 2.63. The lowest BCUT2D eigenvalue weighted by Crippen LogP contribution is -2.57. The first kappa shape index (κ1) is 25.8. The Kier molecular flexibility index (Phi) is 7.58. The second-order valence-electron chi connectivity index (χ2n) is 9.64. The van der Waals surface area contributed by atoms with Gasteiger partial charge in [-0.3, -0.25) is 4.90 Å². The van der Waals surface area contributed by atoms with Gasteiger partial charge in [0.15, 0.2) is 5.82 Å². The molecule has 3 aromatic rings. The third-order valence-electron chi connectivity index (χ3n) is 6.62. The van der Waals surface area contributed by atoms with Crippen LogP contribution in [0.4, 0.5) is 28.8 Å². The minimum atomic E-state index is -2.50. The number of hydrogen-bond acceptors (Lipinski definition) is 9. The van der Waals surface area contributed by atoms with Gasteiger partial charge in [0, 0.05) is 50.3 Å². The molecule has 0 radical (unpaired) electrons. The monoisotopic (exact) mass is 542 g/mol. The van der Waals surface area contributed by atoms with Gasteiger partial charge < -0.3 is 29.6 Å². The zero-order chi connectivity index (χ0) is 26.0. The maximum absolute atomic E-state index is 12.7. The molecule has 196 valence electrons. The predicted octanol–water partition coefficient (Wildman–Crippen LogP) is 4.39. The molecule has 1 fully saturated rings. The van der Waals surface area contributed by atoms with Crippen molar-refractivity contribution in [3.63, 3.8) is 0 Å². The van der Waals surface area contributed by atoms with Crippen molar-refractivity contribution in [2.45, 2.75) is 6.04 Å². The van der Waals surface area contributed by atoms with E-state index in [0.29, 0.717) is 35.1 Å². The summed E-state index contributed by atoms with van der Waals surface area (Å²) in [4.78, 5) is 13.8. The van der Waals surface area contributed by atoms with Gasteiger partial charge in [-0.1, -0.05) is 23.7 Å². The van der Waals surface area contributed by atoms with Crippen molar-refractivity contribution in [3.8, 4) is 5.75 Å². The molecule has 5 rings (SSSR count). The molecule has 0 aliphatic carbocycles. The van der Waals surface area contributed by atoms with Crippen molar-refractivity contribution in [1.82, 2.24) is 14.9 Å². The molecule has 2 aliphatic heterocycles. The molecule has 1 aromatic heterocycles. The zero-order valence-corrected chi connectivity index (χ0v) is 22.9. The number of aromatic nitrogens is 2. The number of benzene rings is 2. The van der Waals surface area contributed by atoms with Crippen LogP contribution in [-0.4, -0.2) is 80.7 Å². The van der Waals surface area contributed by atoms with Crippen LogP contribution in [0, 0.1) is 0 Å². The highest BCUT2D eigenvalue weighted by atomic mass is 35.5. The number of rotatable bonds is 8. The Morgan fingerprint density at radius 1 is 1.19 bits per heavy atom. The summed E-state index contributed by atoms with van der Waals surface area (Å²) < 4.78 is 24.1. The number of halogens is 1. The lowest BCUT2D eigenvalue weighted by molar-refractivity contribution is 0.119. The number of anilines is 5.